The van der Waals surface area contributed by atoms with Crippen LogP contribution in [0.2, 0.25) is 4.34 Å². The zero-order valence-electron chi connectivity index (χ0n) is 10.4. The molecular weight excluding hydrogens is 280 g/mol. The highest BCUT2D eigenvalue weighted by Crippen LogP contribution is 2.27. The van der Waals surface area contributed by atoms with Gasteiger partial charge in [-0.15, -0.1) is 0 Å². The van der Waals surface area contributed by atoms with Gasteiger partial charge in [-0.3, -0.25) is 0 Å². The topological polar surface area (TPSA) is 49.8 Å². The number of hydrogen-bond donors (Lipinski definition) is 2. The van der Waals surface area contributed by atoms with Gasteiger partial charge in [-0.2, -0.15) is 0 Å². The van der Waals surface area contributed by atoms with Gasteiger partial charge in [0, 0.05) is 11.6 Å². The number of anilines is 2. The third-order valence-corrected chi connectivity index (χ3v) is 4.27. The van der Waals surface area contributed by atoms with Crippen LogP contribution >= 0.6 is 22.9 Å². The van der Waals surface area contributed by atoms with Crippen LogP contribution in [0.4, 0.5) is 10.9 Å². The summed E-state index contributed by atoms with van der Waals surface area (Å²) in [5.41, 5.74) is 1.16. The van der Waals surface area contributed by atoms with Crippen LogP contribution < -0.4 is 10.6 Å². The van der Waals surface area contributed by atoms with E-state index in [0.717, 1.165) is 42.6 Å². The quantitative estimate of drug-likeness (QED) is 0.911. The Kier molecular flexibility index (Phi) is 3.96. The predicted octanol–water partition coefficient (Wildman–Crippen LogP) is 3.40. The highest BCUT2D eigenvalue weighted by atomic mass is 35.5. The Labute approximate surface area is 121 Å². The lowest BCUT2D eigenvalue weighted by Crippen LogP contribution is -2.27. The molecule has 1 aliphatic heterocycles. The fourth-order valence-electron chi connectivity index (χ4n) is 2.29. The van der Waals surface area contributed by atoms with Gasteiger partial charge in [0.2, 0.25) is 0 Å². The summed E-state index contributed by atoms with van der Waals surface area (Å²) in [4.78, 5) is 8.86. The van der Waals surface area contributed by atoms with Crippen LogP contribution in [0.5, 0.6) is 0 Å². The van der Waals surface area contributed by atoms with Gasteiger partial charge < -0.3 is 10.6 Å². The number of thiazole rings is 1. The summed E-state index contributed by atoms with van der Waals surface area (Å²) in [5.74, 6) is 1.39. The maximum atomic E-state index is 5.87. The van der Waals surface area contributed by atoms with Crippen LogP contribution in [0.25, 0.3) is 0 Å². The number of pyridine rings is 1. The Bertz CT molecular complexity index is 551. The molecular formula is C13H15ClN4S. The number of aromatic nitrogens is 2. The van der Waals surface area contributed by atoms with Crippen molar-refractivity contribution in [3.63, 3.8) is 0 Å². The largest absolute Gasteiger partial charge is 0.317 e. The van der Waals surface area contributed by atoms with Crippen LogP contribution in [-0.2, 0) is 0 Å². The summed E-state index contributed by atoms with van der Waals surface area (Å²) in [6.45, 7) is 2.15. The Balaban J connectivity index is 1.75. The van der Waals surface area contributed by atoms with Crippen LogP contribution in [0.3, 0.4) is 0 Å². The molecule has 0 aliphatic carbocycles. The molecule has 2 aromatic rings. The highest BCUT2D eigenvalue weighted by molar-refractivity contribution is 7.19. The maximum Gasteiger partial charge on any atom is 0.189 e. The fraction of sp³-hybridized carbons (Fsp3) is 0.385. The van der Waals surface area contributed by atoms with Gasteiger partial charge in [0.15, 0.2) is 5.13 Å². The number of piperidine rings is 1. The van der Waals surface area contributed by atoms with Crippen molar-refractivity contribution < 1.29 is 0 Å². The first-order valence-electron chi connectivity index (χ1n) is 6.37. The molecule has 0 atom stereocenters. The summed E-state index contributed by atoms with van der Waals surface area (Å²) in [6.07, 6.45) is 3.95. The number of nitrogens with one attached hydrogen (secondary N) is 2. The molecule has 0 radical (unpaired) electrons. The van der Waals surface area contributed by atoms with Crippen LogP contribution in [-0.4, -0.2) is 23.1 Å². The summed E-state index contributed by atoms with van der Waals surface area (Å²) in [5, 5.41) is 7.35. The minimum absolute atomic E-state index is 0.558. The second-order valence-corrected chi connectivity index (χ2v) is 6.23. The number of nitrogens with zero attached hydrogens (tertiary/aromatic N) is 2. The Hall–Kier alpha value is -1.17. The minimum Gasteiger partial charge on any atom is -0.317 e. The van der Waals surface area contributed by atoms with Gasteiger partial charge in [0.25, 0.3) is 0 Å². The van der Waals surface area contributed by atoms with E-state index in [1.807, 2.05) is 12.1 Å². The molecule has 3 heterocycles. The van der Waals surface area contributed by atoms with E-state index < -0.39 is 0 Å². The first-order valence-corrected chi connectivity index (χ1v) is 7.57. The SMILES string of the molecule is Clc1cnc(Nc2cccc(C3CCNCC3)n2)s1. The second kappa shape index (κ2) is 5.86. The molecule has 2 N–H and O–H groups in total. The standard InChI is InChI=1S/C13H15ClN4S/c14-11-8-16-13(19-11)18-12-3-1-2-10(17-12)9-4-6-15-7-5-9/h1-3,8-9,15H,4-7H2,(H,16,17,18). The van der Waals surface area contributed by atoms with E-state index in [9.17, 15) is 0 Å². The maximum absolute atomic E-state index is 5.87. The van der Waals surface area contributed by atoms with E-state index in [4.69, 9.17) is 11.6 Å². The average molecular weight is 295 g/mol. The fourth-order valence-corrected chi connectivity index (χ4v) is 3.11. The molecule has 0 bridgehead atoms. The zero-order chi connectivity index (χ0) is 13.1. The van der Waals surface area contributed by atoms with Crippen LogP contribution in [0.1, 0.15) is 24.5 Å². The van der Waals surface area contributed by atoms with Gasteiger partial charge in [0.1, 0.15) is 10.2 Å². The van der Waals surface area contributed by atoms with Crippen molar-refractivity contribution in [2.45, 2.75) is 18.8 Å². The van der Waals surface area contributed by atoms with Crippen molar-refractivity contribution in [2.75, 3.05) is 18.4 Å². The van der Waals surface area contributed by atoms with E-state index in [0.29, 0.717) is 10.3 Å². The van der Waals surface area contributed by atoms with Gasteiger partial charge in [-0.05, 0) is 38.1 Å². The first kappa shape index (κ1) is 12.8. The highest BCUT2D eigenvalue weighted by Gasteiger charge is 2.16. The van der Waals surface area contributed by atoms with Crippen LogP contribution in [0.15, 0.2) is 24.4 Å². The normalized spacial score (nSPS) is 16.5. The van der Waals surface area contributed by atoms with E-state index in [1.54, 1.807) is 6.20 Å². The molecule has 1 aliphatic rings. The molecule has 0 amide bonds. The van der Waals surface area contributed by atoms with Crippen molar-refractivity contribution in [1.82, 2.24) is 15.3 Å². The lowest BCUT2D eigenvalue weighted by molar-refractivity contribution is 0.453. The smallest absolute Gasteiger partial charge is 0.189 e. The molecule has 6 heteroatoms. The molecule has 4 nitrogen and oxygen atoms in total. The Morgan fingerprint density at radius 2 is 2.16 bits per heavy atom. The van der Waals surface area contributed by atoms with E-state index in [-0.39, 0.29) is 0 Å². The lowest BCUT2D eigenvalue weighted by atomic mass is 9.94. The minimum atomic E-state index is 0.558. The zero-order valence-corrected chi connectivity index (χ0v) is 12.0. The monoisotopic (exact) mass is 294 g/mol. The third kappa shape index (κ3) is 3.23. The number of halogens is 1. The molecule has 0 saturated carbocycles. The van der Waals surface area contributed by atoms with Gasteiger partial charge in [-0.1, -0.05) is 29.0 Å². The molecule has 2 aromatic heterocycles. The number of rotatable bonds is 3. The molecule has 1 fully saturated rings. The predicted molar refractivity (Wildman–Crippen MR) is 79.5 cm³/mol. The van der Waals surface area contributed by atoms with Crippen molar-refractivity contribution in [3.05, 3.63) is 34.4 Å². The molecule has 19 heavy (non-hydrogen) atoms. The van der Waals surface area contributed by atoms with E-state index in [1.165, 1.54) is 11.3 Å². The second-order valence-electron chi connectivity index (χ2n) is 4.57. The van der Waals surface area contributed by atoms with Crippen molar-refractivity contribution in [1.29, 1.82) is 0 Å². The van der Waals surface area contributed by atoms with Gasteiger partial charge in [-0.25, -0.2) is 9.97 Å². The molecule has 1 saturated heterocycles. The van der Waals surface area contributed by atoms with Crippen molar-refractivity contribution in [3.8, 4) is 0 Å². The molecule has 0 aromatic carbocycles. The summed E-state index contributed by atoms with van der Waals surface area (Å²) in [6, 6.07) is 6.11. The Morgan fingerprint density at radius 1 is 1.32 bits per heavy atom. The first-order chi connectivity index (χ1) is 9.31. The Morgan fingerprint density at radius 3 is 2.89 bits per heavy atom. The molecule has 3 rings (SSSR count). The molecule has 0 spiro atoms. The lowest BCUT2D eigenvalue weighted by Gasteiger charge is -2.22. The molecule has 0 unspecified atom stereocenters. The van der Waals surface area contributed by atoms with Crippen molar-refractivity contribution in [2.24, 2.45) is 0 Å². The third-order valence-electron chi connectivity index (χ3n) is 3.24. The van der Waals surface area contributed by atoms with Gasteiger partial charge >= 0.3 is 0 Å². The average Bonchev–Trinajstić information content (AvgIpc) is 2.85. The van der Waals surface area contributed by atoms with E-state index >= 15 is 0 Å². The molecule has 100 valence electrons. The van der Waals surface area contributed by atoms with E-state index in [2.05, 4.69) is 26.7 Å². The summed E-state index contributed by atoms with van der Waals surface area (Å²) < 4.78 is 0.678. The van der Waals surface area contributed by atoms with Crippen LogP contribution in [0, 0.1) is 0 Å². The summed E-state index contributed by atoms with van der Waals surface area (Å²) in [7, 11) is 0. The number of hydrogen-bond acceptors (Lipinski definition) is 5. The van der Waals surface area contributed by atoms with Crippen molar-refractivity contribution >= 4 is 33.9 Å². The summed E-state index contributed by atoms with van der Waals surface area (Å²) >= 11 is 7.29. The van der Waals surface area contributed by atoms with Gasteiger partial charge in [0.05, 0.1) is 6.20 Å².